The third-order valence-electron chi connectivity index (χ3n) is 3.28. The standard InChI is InChI=1S/C18H17NO2S/c1-3-21-16-10-9-14(11-17(16)20-2)18-19-15(12-22-18)13-7-5-4-6-8-13/h4-12H,3H2,1-2H3. The number of thiazole rings is 1. The maximum absolute atomic E-state index is 5.55. The smallest absolute Gasteiger partial charge is 0.161 e. The van der Waals surface area contributed by atoms with Crippen molar-refractivity contribution in [2.45, 2.75) is 6.92 Å². The lowest BCUT2D eigenvalue weighted by Gasteiger charge is -2.09. The van der Waals surface area contributed by atoms with E-state index >= 15 is 0 Å². The van der Waals surface area contributed by atoms with Crippen molar-refractivity contribution in [2.75, 3.05) is 13.7 Å². The highest BCUT2D eigenvalue weighted by Gasteiger charge is 2.10. The van der Waals surface area contributed by atoms with Gasteiger partial charge < -0.3 is 9.47 Å². The van der Waals surface area contributed by atoms with E-state index in [1.165, 1.54) is 0 Å². The molecule has 112 valence electrons. The predicted molar refractivity (Wildman–Crippen MR) is 90.7 cm³/mol. The highest BCUT2D eigenvalue weighted by molar-refractivity contribution is 7.13. The molecule has 2 aromatic carbocycles. The zero-order chi connectivity index (χ0) is 15.4. The molecular formula is C18H17NO2S. The SMILES string of the molecule is CCOc1ccc(-c2nc(-c3ccccc3)cs2)cc1OC. The molecule has 3 aromatic rings. The Morgan fingerprint density at radius 2 is 1.82 bits per heavy atom. The molecule has 0 saturated heterocycles. The van der Waals surface area contributed by atoms with Crippen LogP contribution in [0.3, 0.4) is 0 Å². The molecule has 1 heterocycles. The predicted octanol–water partition coefficient (Wildman–Crippen LogP) is 4.88. The van der Waals surface area contributed by atoms with Gasteiger partial charge in [0.2, 0.25) is 0 Å². The third-order valence-corrected chi connectivity index (χ3v) is 4.18. The van der Waals surface area contributed by atoms with Crippen molar-refractivity contribution in [2.24, 2.45) is 0 Å². The van der Waals surface area contributed by atoms with Gasteiger partial charge in [-0.15, -0.1) is 11.3 Å². The van der Waals surface area contributed by atoms with Gasteiger partial charge in [-0.3, -0.25) is 0 Å². The van der Waals surface area contributed by atoms with E-state index in [0.717, 1.165) is 33.3 Å². The van der Waals surface area contributed by atoms with Crippen molar-refractivity contribution in [3.05, 3.63) is 53.9 Å². The van der Waals surface area contributed by atoms with Crippen molar-refractivity contribution >= 4 is 11.3 Å². The summed E-state index contributed by atoms with van der Waals surface area (Å²) in [6.45, 7) is 2.57. The first-order chi connectivity index (χ1) is 10.8. The van der Waals surface area contributed by atoms with Crippen LogP contribution in [0, 0.1) is 0 Å². The summed E-state index contributed by atoms with van der Waals surface area (Å²) in [6.07, 6.45) is 0. The van der Waals surface area contributed by atoms with Crippen LogP contribution in [0.25, 0.3) is 21.8 Å². The molecule has 0 radical (unpaired) electrons. The van der Waals surface area contributed by atoms with Gasteiger partial charge in [0.05, 0.1) is 19.4 Å². The fraction of sp³-hybridized carbons (Fsp3) is 0.167. The van der Waals surface area contributed by atoms with Crippen molar-refractivity contribution in [1.82, 2.24) is 4.98 Å². The van der Waals surface area contributed by atoms with Crippen molar-refractivity contribution in [3.8, 4) is 33.3 Å². The number of aromatic nitrogens is 1. The fourth-order valence-corrected chi connectivity index (χ4v) is 3.05. The topological polar surface area (TPSA) is 31.4 Å². The van der Waals surface area contributed by atoms with Crippen LogP contribution in [-0.2, 0) is 0 Å². The number of rotatable bonds is 5. The van der Waals surface area contributed by atoms with Gasteiger partial charge >= 0.3 is 0 Å². The number of hydrogen-bond donors (Lipinski definition) is 0. The molecular weight excluding hydrogens is 294 g/mol. The average molecular weight is 311 g/mol. The minimum Gasteiger partial charge on any atom is -0.493 e. The molecule has 0 unspecified atom stereocenters. The Hall–Kier alpha value is -2.33. The summed E-state index contributed by atoms with van der Waals surface area (Å²) >= 11 is 1.63. The molecule has 0 saturated carbocycles. The summed E-state index contributed by atoms with van der Waals surface area (Å²) in [5, 5.41) is 3.05. The van der Waals surface area contributed by atoms with Crippen LogP contribution in [-0.4, -0.2) is 18.7 Å². The molecule has 0 atom stereocenters. The summed E-state index contributed by atoms with van der Waals surface area (Å²) in [5.41, 5.74) is 3.16. The van der Waals surface area contributed by atoms with E-state index in [1.807, 2.05) is 43.3 Å². The van der Waals surface area contributed by atoms with Gasteiger partial charge in [-0.2, -0.15) is 0 Å². The summed E-state index contributed by atoms with van der Waals surface area (Å²) in [7, 11) is 1.65. The molecule has 3 rings (SSSR count). The Morgan fingerprint density at radius 1 is 1.00 bits per heavy atom. The van der Waals surface area contributed by atoms with Crippen LogP contribution >= 0.6 is 11.3 Å². The molecule has 0 bridgehead atoms. The Morgan fingerprint density at radius 3 is 2.55 bits per heavy atom. The quantitative estimate of drug-likeness (QED) is 0.672. The lowest BCUT2D eigenvalue weighted by atomic mass is 10.2. The second-order valence-electron chi connectivity index (χ2n) is 4.70. The first-order valence-electron chi connectivity index (χ1n) is 7.14. The van der Waals surface area contributed by atoms with E-state index in [1.54, 1.807) is 18.4 Å². The van der Waals surface area contributed by atoms with E-state index in [9.17, 15) is 0 Å². The number of ether oxygens (including phenoxy) is 2. The molecule has 0 aliphatic rings. The molecule has 3 nitrogen and oxygen atoms in total. The number of benzene rings is 2. The van der Waals surface area contributed by atoms with Crippen molar-refractivity contribution in [1.29, 1.82) is 0 Å². The van der Waals surface area contributed by atoms with Crippen molar-refractivity contribution in [3.63, 3.8) is 0 Å². The Bertz CT molecular complexity index is 753. The van der Waals surface area contributed by atoms with Gasteiger partial charge in [0.15, 0.2) is 11.5 Å². The molecule has 0 amide bonds. The average Bonchev–Trinajstić information content (AvgIpc) is 3.06. The molecule has 1 aromatic heterocycles. The van der Waals surface area contributed by atoms with E-state index in [2.05, 4.69) is 17.5 Å². The first kappa shape index (κ1) is 14.6. The monoisotopic (exact) mass is 311 g/mol. The van der Waals surface area contributed by atoms with Crippen LogP contribution in [0.2, 0.25) is 0 Å². The van der Waals surface area contributed by atoms with Crippen molar-refractivity contribution < 1.29 is 9.47 Å². The lowest BCUT2D eigenvalue weighted by Crippen LogP contribution is -1.95. The first-order valence-corrected chi connectivity index (χ1v) is 8.02. The lowest BCUT2D eigenvalue weighted by molar-refractivity contribution is 0.311. The van der Waals surface area contributed by atoms with Crippen LogP contribution in [0.5, 0.6) is 11.5 Å². The summed E-state index contributed by atoms with van der Waals surface area (Å²) in [6, 6.07) is 16.1. The number of nitrogens with zero attached hydrogens (tertiary/aromatic N) is 1. The highest BCUT2D eigenvalue weighted by atomic mass is 32.1. The van der Waals surface area contributed by atoms with E-state index in [0.29, 0.717) is 6.61 Å². The minimum atomic E-state index is 0.616. The number of methoxy groups -OCH3 is 1. The van der Waals surface area contributed by atoms with Gasteiger partial charge in [-0.1, -0.05) is 30.3 Å². The zero-order valence-corrected chi connectivity index (χ0v) is 13.4. The Balaban J connectivity index is 1.93. The maximum Gasteiger partial charge on any atom is 0.161 e. The molecule has 4 heteroatoms. The fourth-order valence-electron chi connectivity index (χ4n) is 2.22. The molecule has 22 heavy (non-hydrogen) atoms. The van der Waals surface area contributed by atoms with Crippen LogP contribution in [0.15, 0.2) is 53.9 Å². The van der Waals surface area contributed by atoms with Gasteiger partial charge in [-0.25, -0.2) is 4.98 Å². The zero-order valence-electron chi connectivity index (χ0n) is 12.6. The van der Waals surface area contributed by atoms with E-state index in [4.69, 9.17) is 14.5 Å². The summed E-state index contributed by atoms with van der Waals surface area (Å²) < 4.78 is 11.0. The molecule has 0 fully saturated rings. The minimum absolute atomic E-state index is 0.616. The van der Waals surface area contributed by atoms with Crippen LogP contribution in [0.4, 0.5) is 0 Å². The molecule has 0 spiro atoms. The molecule has 0 aliphatic carbocycles. The largest absolute Gasteiger partial charge is 0.493 e. The van der Waals surface area contributed by atoms with Gasteiger partial charge in [0, 0.05) is 16.5 Å². The molecule has 0 aliphatic heterocycles. The normalized spacial score (nSPS) is 10.5. The molecule has 0 N–H and O–H groups in total. The second kappa shape index (κ2) is 6.62. The van der Waals surface area contributed by atoms with Gasteiger partial charge in [-0.05, 0) is 25.1 Å². The van der Waals surface area contributed by atoms with Crippen LogP contribution in [0.1, 0.15) is 6.92 Å². The highest BCUT2D eigenvalue weighted by Crippen LogP contribution is 2.35. The van der Waals surface area contributed by atoms with E-state index < -0.39 is 0 Å². The Kier molecular flexibility index (Phi) is 4.39. The van der Waals surface area contributed by atoms with E-state index in [-0.39, 0.29) is 0 Å². The Labute approximate surface area is 134 Å². The van der Waals surface area contributed by atoms with Crippen LogP contribution < -0.4 is 9.47 Å². The maximum atomic E-state index is 5.55. The second-order valence-corrected chi connectivity index (χ2v) is 5.56. The van der Waals surface area contributed by atoms with Gasteiger partial charge in [0.1, 0.15) is 5.01 Å². The number of hydrogen-bond acceptors (Lipinski definition) is 4. The summed E-state index contributed by atoms with van der Waals surface area (Å²) in [5.74, 6) is 1.49. The summed E-state index contributed by atoms with van der Waals surface area (Å²) in [4.78, 5) is 4.72. The third kappa shape index (κ3) is 2.97. The van der Waals surface area contributed by atoms with Gasteiger partial charge in [0.25, 0.3) is 0 Å².